The van der Waals surface area contributed by atoms with Crippen LogP contribution in [0.2, 0.25) is 0 Å². The summed E-state index contributed by atoms with van der Waals surface area (Å²) in [5.74, 6) is -1.19. The molecule has 0 aliphatic carbocycles. The van der Waals surface area contributed by atoms with Gasteiger partial charge in [-0.2, -0.15) is 11.3 Å². The van der Waals surface area contributed by atoms with Crippen molar-refractivity contribution in [3.05, 3.63) is 82.3 Å². The van der Waals surface area contributed by atoms with Crippen LogP contribution in [0.25, 0.3) is 11.1 Å². The van der Waals surface area contributed by atoms with Crippen molar-refractivity contribution in [3.63, 3.8) is 0 Å². The molecular formula is C25H23NO4S. The standard InChI is InChI=1S/C25H23NO4S/c1-15(2)23(27)21-22(19-6-4-5-7-20(19)30-3)26(25(29)24(21)28)18-10-8-16(9-11-18)17-12-13-31-14-17/h4-15,22,28H,1-3H3. The predicted octanol–water partition coefficient (Wildman–Crippen LogP) is 5.55. The van der Waals surface area contributed by atoms with E-state index < -0.39 is 17.7 Å². The van der Waals surface area contributed by atoms with Crippen LogP contribution in [0, 0.1) is 5.92 Å². The van der Waals surface area contributed by atoms with E-state index in [2.05, 4.69) is 5.38 Å². The summed E-state index contributed by atoms with van der Waals surface area (Å²) in [6.45, 7) is 3.51. The fraction of sp³-hybridized carbons (Fsp3) is 0.200. The lowest BCUT2D eigenvalue weighted by atomic mass is 9.90. The number of hydrogen-bond acceptors (Lipinski definition) is 5. The maximum Gasteiger partial charge on any atom is 0.294 e. The molecule has 2 heterocycles. The van der Waals surface area contributed by atoms with E-state index in [0.29, 0.717) is 17.0 Å². The highest BCUT2D eigenvalue weighted by Crippen LogP contribution is 2.44. The Kier molecular flexibility index (Phi) is 5.65. The maximum absolute atomic E-state index is 13.2. The molecule has 1 aliphatic rings. The normalized spacial score (nSPS) is 16.3. The number of carbonyl (C=O) groups is 2. The van der Waals surface area contributed by atoms with Crippen LogP contribution in [-0.4, -0.2) is 23.9 Å². The molecule has 0 saturated heterocycles. The average molecular weight is 434 g/mol. The van der Waals surface area contributed by atoms with Crippen LogP contribution in [0.4, 0.5) is 5.69 Å². The third-order valence-corrected chi connectivity index (χ3v) is 6.11. The van der Waals surface area contributed by atoms with Crippen molar-refractivity contribution in [1.29, 1.82) is 0 Å². The molecular weight excluding hydrogens is 410 g/mol. The Morgan fingerprint density at radius 1 is 1.06 bits per heavy atom. The first kappa shape index (κ1) is 20.9. The van der Waals surface area contributed by atoms with E-state index in [-0.39, 0.29) is 17.3 Å². The van der Waals surface area contributed by atoms with E-state index in [1.807, 2.05) is 53.9 Å². The van der Waals surface area contributed by atoms with Crippen LogP contribution in [0.5, 0.6) is 5.75 Å². The van der Waals surface area contributed by atoms with Gasteiger partial charge in [0.25, 0.3) is 5.91 Å². The number of aliphatic hydroxyl groups excluding tert-OH is 1. The number of nitrogens with zero attached hydrogens (tertiary/aromatic N) is 1. The third-order valence-electron chi connectivity index (χ3n) is 5.43. The number of rotatable bonds is 6. The zero-order chi connectivity index (χ0) is 22.1. The first-order valence-corrected chi connectivity index (χ1v) is 10.9. The Morgan fingerprint density at radius 3 is 2.39 bits per heavy atom. The van der Waals surface area contributed by atoms with Crippen molar-refractivity contribution in [2.24, 2.45) is 5.92 Å². The number of methoxy groups -OCH3 is 1. The molecule has 3 aromatic rings. The molecule has 0 saturated carbocycles. The van der Waals surface area contributed by atoms with Gasteiger partial charge in [0, 0.05) is 17.2 Å². The summed E-state index contributed by atoms with van der Waals surface area (Å²) in [4.78, 5) is 27.7. The van der Waals surface area contributed by atoms with Gasteiger partial charge < -0.3 is 9.84 Å². The summed E-state index contributed by atoms with van der Waals surface area (Å²) in [6.07, 6.45) is 0. The van der Waals surface area contributed by atoms with Gasteiger partial charge in [-0.05, 0) is 46.2 Å². The summed E-state index contributed by atoms with van der Waals surface area (Å²) in [7, 11) is 1.54. The molecule has 31 heavy (non-hydrogen) atoms. The number of thiophene rings is 1. The number of para-hydroxylation sites is 1. The Bertz CT molecular complexity index is 1150. The molecule has 0 spiro atoms. The van der Waals surface area contributed by atoms with Crippen LogP contribution in [-0.2, 0) is 9.59 Å². The number of benzene rings is 2. The van der Waals surface area contributed by atoms with Crippen LogP contribution in [0.3, 0.4) is 0 Å². The average Bonchev–Trinajstić information content (AvgIpc) is 3.41. The Balaban J connectivity index is 1.84. The van der Waals surface area contributed by atoms with E-state index in [9.17, 15) is 14.7 Å². The Hall–Kier alpha value is -3.38. The van der Waals surface area contributed by atoms with E-state index in [4.69, 9.17) is 4.74 Å². The third kappa shape index (κ3) is 3.64. The molecule has 1 N–H and O–H groups in total. The second kappa shape index (κ2) is 8.40. The topological polar surface area (TPSA) is 66.8 Å². The predicted molar refractivity (Wildman–Crippen MR) is 122 cm³/mol. The Labute approximate surface area is 185 Å². The summed E-state index contributed by atoms with van der Waals surface area (Å²) >= 11 is 1.62. The number of carbonyl (C=O) groups excluding carboxylic acids is 2. The second-order valence-electron chi connectivity index (χ2n) is 7.66. The highest BCUT2D eigenvalue weighted by molar-refractivity contribution is 7.08. The smallest absolute Gasteiger partial charge is 0.294 e. The number of ketones is 1. The number of Topliss-reactive ketones (excluding diaryl/α,β-unsaturated/α-hetero) is 1. The van der Waals surface area contributed by atoms with Crippen LogP contribution >= 0.6 is 11.3 Å². The van der Waals surface area contributed by atoms with Gasteiger partial charge >= 0.3 is 0 Å². The molecule has 0 radical (unpaired) electrons. The first-order valence-electron chi connectivity index (χ1n) is 10.0. The van der Waals surface area contributed by atoms with Crippen LogP contribution in [0.1, 0.15) is 25.5 Å². The van der Waals surface area contributed by atoms with Crippen LogP contribution < -0.4 is 9.64 Å². The number of anilines is 1. The van der Waals surface area contributed by atoms with E-state index in [0.717, 1.165) is 11.1 Å². The SMILES string of the molecule is COc1ccccc1C1C(C(=O)C(C)C)=C(O)C(=O)N1c1ccc(-c2ccsc2)cc1. The fourth-order valence-electron chi connectivity index (χ4n) is 3.86. The van der Waals surface area contributed by atoms with Gasteiger partial charge in [0.2, 0.25) is 0 Å². The van der Waals surface area contributed by atoms with Gasteiger partial charge in [0.15, 0.2) is 11.5 Å². The summed E-state index contributed by atoms with van der Waals surface area (Å²) in [6, 6.07) is 16.1. The fourth-order valence-corrected chi connectivity index (χ4v) is 4.53. The lowest BCUT2D eigenvalue weighted by Gasteiger charge is -2.28. The molecule has 158 valence electrons. The number of amides is 1. The lowest BCUT2D eigenvalue weighted by Crippen LogP contribution is -2.31. The van der Waals surface area contributed by atoms with Gasteiger partial charge in [0.05, 0.1) is 18.7 Å². The van der Waals surface area contributed by atoms with Crippen molar-refractivity contribution >= 4 is 28.7 Å². The van der Waals surface area contributed by atoms with Gasteiger partial charge in [-0.15, -0.1) is 0 Å². The molecule has 1 amide bonds. The minimum Gasteiger partial charge on any atom is -0.503 e. The lowest BCUT2D eigenvalue weighted by molar-refractivity contribution is -0.119. The van der Waals surface area contributed by atoms with Gasteiger partial charge in [0.1, 0.15) is 5.75 Å². The number of aliphatic hydroxyl groups is 1. The largest absolute Gasteiger partial charge is 0.503 e. The molecule has 4 rings (SSSR count). The summed E-state index contributed by atoms with van der Waals surface area (Å²) in [5, 5.41) is 14.8. The zero-order valence-electron chi connectivity index (χ0n) is 17.5. The Morgan fingerprint density at radius 2 is 1.77 bits per heavy atom. The highest BCUT2D eigenvalue weighted by Gasteiger charge is 2.45. The van der Waals surface area contributed by atoms with E-state index in [1.54, 1.807) is 38.4 Å². The summed E-state index contributed by atoms with van der Waals surface area (Å²) in [5.41, 5.74) is 3.47. The minimum atomic E-state index is -0.773. The number of hydrogen-bond donors (Lipinski definition) is 1. The van der Waals surface area contributed by atoms with E-state index >= 15 is 0 Å². The highest BCUT2D eigenvalue weighted by atomic mass is 32.1. The molecule has 6 heteroatoms. The molecule has 1 aliphatic heterocycles. The minimum absolute atomic E-state index is 0.103. The van der Waals surface area contributed by atoms with Crippen molar-refractivity contribution in [2.45, 2.75) is 19.9 Å². The van der Waals surface area contributed by atoms with Crippen LogP contribution in [0.15, 0.2) is 76.7 Å². The summed E-state index contributed by atoms with van der Waals surface area (Å²) < 4.78 is 5.52. The molecule has 5 nitrogen and oxygen atoms in total. The monoisotopic (exact) mass is 433 g/mol. The molecule has 1 aromatic heterocycles. The first-order chi connectivity index (χ1) is 14.9. The number of ether oxygens (including phenoxy) is 1. The molecule has 1 unspecified atom stereocenters. The van der Waals surface area contributed by atoms with E-state index in [1.165, 1.54) is 4.90 Å². The molecule has 0 bridgehead atoms. The van der Waals surface area contributed by atoms with Gasteiger partial charge in [-0.25, -0.2) is 0 Å². The van der Waals surface area contributed by atoms with Crippen molar-refractivity contribution in [2.75, 3.05) is 12.0 Å². The van der Waals surface area contributed by atoms with Gasteiger partial charge in [-0.3, -0.25) is 14.5 Å². The van der Waals surface area contributed by atoms with Crippen molar-refractivity contribution < 1.29 is 19.4 Å². The molecule has 1 atom stereocenters. The van der Waals surface area contributed by atoms with Crippen molar-refractivity contribution in [3.8, 4) is 16.9 Å². The zero-order valence-corrected chi connectivity index (χ0v) is 18.3. The molecule has 0 fully saturated rings. The van der Waals surface area contributed by atoms with Gasteiger partial charge in [-0.1, -0.05) is 44.2 Å². The van der Waals surface area contributed by atoms with Crippen molar-refractivity contribution in [1.82, 2.24) is 0 Å². The second-order valence-corrected chi connectivity index (χ2v) is 8.44. The maximum atomic E-state index is 13.2. The quantitative estimate of drug-likeness (QED) is 0.554. The molecule has 2 aromatic carbocycles.